The average Bonchev–Trinajstić information content (AvgIpc) is 2.80. The van der Waals surface area contributed by atoms with Crippen LogP contribution in [0.4, 0.5) is 5.69 Å². The van der Waals surface area contributed by atoms with Crippen molar-refractivity contribution in [3.63, 3.8) is 0 Å². The highest BCUT2D eigenvalue weighted by Gasteiger charge is 2.32. The minimum Gasteiger partial charge on any atom is -0.305 e. The van der Waals surface area contributed by atoms with Crippen LogP contribution in [-0.2, 0) is 9.59 Å². The zero-order valence-electron chi connectivity index (χ0n) is 9.23. The number of hydrogen-bond acceptors (Lipinski definition) is 4. The first-order valence-corrected chi connectivity index (χ1v) is 5.38. The molecule has 1 fully saturated rings. The van der Waals surface area contributed by atoms with E-state index in [1.54, 1.807) is 6.07 Å². The molecule has 2 heterocycles. The minimum atomic E-state index is -0.477. The van der Waals surface area contributed by atoms with Crippen molar-refractivity contribution >= 4 is 29.2 Å². The van der Waals surface area contributed by atoms with E-state index in [4.69, 9.17) is 0 Å². The van der Waals surface area contributed by atoms with Gasteiger partial charge in [0, 0.05) is 5.69 Å². The predicted octanol–water partition coefficient (Wildman–Crippen LogP) is -0.124. The number of fused-ring (bicyclic) bond motifs is 1. The van der Waals surface area contributed by atoms with E-state index in [1.807, 2.05) is 0 Å². The Morgan fingerprint density at radius 3 is 2.39 bits per heavy atom. The first kappa shape index (κ1) is 10.6. The molecule has 2 aliphatic heterocycles. The number of carbonyl (C=O) groups is 4. The lowest BCUT2D eigenvalue weighted by atomic mass is 10.1. The minimum absolute atomic E-state index is 0.0210. The molecule has 0 aromatic heterocycles. The molecular weight excluding hydrogens is 236 g/mol. The maximum Gasteiger partial charge on any atom is 0.259 e. The van der Waals surface area contributed by atoms with Gasteiger partial charge in [0.15, 0.2) is 5.78 Å². The van der Waals surface area contributed by atoms with Crippen LogP contribution in [0.15, 0.2) is 18.2 Å². The molecule has 1 N–H and O–H groups in total. The maximum absolute atomic E-state index is 11.6. The van der Waals surface area contributed by atoms with Gasteiger partial charge in [0.2, 0.25) is 5.91 Å². The molecule has 18 heavy (non-hydrogen) atoms. The number of amides is 3. The van der Waals surface area contributed by atoms with E-state index < -0.39 is 11.8 Å². The van der Waals surface area contributed by atoms with Crippen LogP contribution < -0.4 is 10.2 Å². The standard InChI is InChI=1S/C12H8N2O4/c15-7-4-10(16)14(5-7)6-1-2-8-9(3-6)12(18)13-11(8)17/h1-3H,4-5H2,(H,13,17,18). The zero-order valence-corrected chi connectivity index (χ0v) is 9.23. The quantitative estimate of drug-likeness (QED) is 0.551. The van der Waals surface area contributed by atoms with Crippen LogP contribution in [0, 0.1) is 0 Å². The van der Waals surface area contributed by atoms with Gasteiger partial charge in [-0.2, -0.15) is 0 Å². The topological polar surface area (TPSA) is 83.6 Å². The summed E-state index contributed by atoms with van der Waals surface area (Å²) in [5.74, 6) is -1.36. The molecular formula is C12H8N2O4. The van der Waals surface area contributed by atoms with E-state index in [0.29, 0.717) is 11.3 Å². The van der Waals surface area contributed by atoms with E-state index in [0.717, 1.165) is 0 Å². The van der Waals surface area contributed by atoms with Gasteiger partial charge in [-0.3, -0.25) is 24.5 Å². The highest BCUT2D eigenvalue weighted by Crippen LogP contribution is 2.25. The van der Waals surface area contributed by atoms with Crippen LogP contribution in [0.1, 0.15) is 27.1 Å². The molecule has 3 amide bonds. The van der Waals surface area contributed by atoms with Gasteiger partial charge in [-0.05, 0) is 18.2 Å². The van der Waals surface area contributed by atoms with Crippen molar-refractivity contribution in [2.75, 3.05) is 11.4 Å². The Hall–Kier alpha value is -2.50. The van der Waals surface area contributed by atoms with Gasteiger partial charge in [0.25, 0.3) is 11.8 Å². The third-order valence-electron chi connectivity index (χ3n) is 3.02. The summed E-state index contributed by atoms with van der Waals surface area (Å²) in [6.07, 6.45) is -0.109. The molecule has 6 nitrogen and oxygen atoms in total. The SMILES string of the molecule is O=C1CC(=O)N(c2ccc3c(c2)C(=O)NC3=O)C1. The van der Waals surface area contributed by atoms with E-state index in [2.05, 4.69) is 5.32 Å². The van der Waals surface area contributed by atoms with Crippen molar-refractivity contribution in [1.29, 1.82) is 0 Å². The van der Waals surface area contributed by atoms with Gasteiger partial charge >= 0.3 is 0 Å². The second-order valence-electron chi connectivity index (χ2n) is 4.21. The van der Waals surface area contributed by atoms with E-state index >= 15 is 0 Å². The lowest BCUT2D eigenvalue weighted by Crippen LogP contribution is -2.24. The molecule has 1 aromatic rings. The molecule has 3 rings (SSSR count). The smallest absolute Gasteiger partial charge is 0.259 e. The summed E-state index contributed by atoms with van der Waals surface area (Å²) in [5, 5.41) is 2.17. The fraction of sp³-hybridized carbons (Fsp3) is 0.167. The summed E-state index contributed by atoms with van der Waals surface area (Å²) < 4.78 is 0. The van der Waals surface area contributed by atoms with Crippen LogP contribution in [0.3, 0.4) is 0 Å². The Morgan fingerprint density at radius 2 is 1.72 bits per heavy atom. The molecule has 0 atom stereocenters. The van der Waals surface area contributed by atoms with Gasteiger partial charge in [-0.1, -0.05) is 0 Å². The summed E-state index contributed by atoms with van der Waals surface area (Å²) in [6.45, 7) is 0.0210. The van der Waals surface area contributed by atoms with Crippen LogP contribution in [0.2, 0.25) is 0 Å². The second kappa shape index (κ2) is 3.49. The number of imide groups is 1. The summed E-state index contributed by atoms with van der Waals surface area (Å²) in [4.78, 5) is 46.9. The normalized spacial score (nSPS) is 18.3. The van der Waals surface area contributed by atoms with Gasteiger partial charge in [0.05, 0.1) is 24.1 Å². The molecule has 0 bridgehead atoms. The molecule has 0 spiro atoms. The number of hydrogen-bond donors (Lipinski definition) is 1. The zero-order chi connectivity index (χ0) is 12.9. The molecule has 0 unspecified atom stereocenters. The number of nitrogens with zero attached hydrogens (tertiary/aromatic N) is 1. The van der Waals surface area contributed by atoms with Crippen LogP contribution in [0.25, 0.3) is 0 Å². The number of ketones is 1. The third kappa shape index (κ3) is 1.42. The van der Waals surface area contributed by atoms with Crippen molar-refractivity contribution in [1.82, 2.24) is 5.32 Å². The Labute approximate surface area is 102 Å². The van der Waals surface area contributed by atoms with Gasteiger partial charge in [0.1, 0.15) is 0 Å². The molecule has 1 aromatic carbocycles. The van der Waals surface area contributed by atoms with E-state index in [-0.39, 0.29) is 30.2 Å². The molecule has 90 valence electrons. The maximum atomic E-state index is 11.6. The molecule has 6 heteroatoms. The number of nitrogens with one attached hydrogen (secondary N) is 1. The average molecular weight is 244 g/mol. The van der Waals surface area contributed by atoms with Crippen LogP contribution in [-0.4, -0.2) is 30.0 Å². The summed E-state index contributed by atoms with van der Waals surface area (Å²) in [5.41, 5.74) is 1.00. The van der Waals surface area contributed by atoms with Crippen LogP contribution in [0.5, 0.6) is 0 Å². The van der Waals surface area contributed by atoms with Crippen molar-refractivity contribution in [3.8, 4) is 0 Å². The lowest BCUT2D eigenvalue weighted by molar-refractivity contribution is -0.121. The number of Topliss-reactive ketones (excluding diaryl/α,β-unsaturated/α-hetero) is 1. The first-order chi connectivity index (χ1) is 8.56. The monoisotopic (exact) mass is 244 g/mol. The Bertz CT molecular complexity index is 621. The van der Waals surface area contributed by atoms with E-state index in [1.165, 1.54) is 17.0 Å². The predicted molar refractivity (Wildman–Crippen MR) is 60.2 cm³/mol. The van der Waals surface area contributed by atoms with Gasteiger partial charge in [-0.15, -0.1) is 0 Å². The van der Waals surface area contributed by atoms with Crippen molar-refractivity contribution in [2.45, 2.75) is 6.42 Å². The van der Waals surface area contributed by atoms with Crippen molar-refractivity contribution in [3.05, 3.63) is 29.3 Å². The fourth-order valence-corrected chi connectivity index (χ4v) is 2.14. The summed E-state index contributed by atoms with van der Waals surface area (Å²) in [6, 6.07) is 4.51. The highest BCUT2D eigenvalue weighted by molar-refractivity contribution is 6.22. The molecule has 0 radical (unpaired) electrons. The molecule has 1 saturated heterocycles. The van der Waals surface area contributed by atoms with Crippen LogP contribution >= 0.6 is 0 Å². The number of benzene rings is 1. The highest BCUT2D eigenvalue weighted by atomic mass is 16.2. The molecule has 0 saturated carbocycles. The van der Waals surface area contributed by atoms with Crippen molar-refractivity contribution in [2.24, 2.45) is 0 Å². The second-order valence-corrected chi connectivity index (χ2v) is 4.21. The first-order valence-electron chi connectivity index (χ1n) is 5.38. The lowest BCUT2D eigenvalue weighted by Gasteiger charge is -2.14. The Balaban J connectivity index is 2.04. The Kier molecular flexibility index (Phi) is 2.07. The summed E-state index contributed by atoms with van der Waals surface area (Å²) in [7, 11) is 0. The number of anilines is 1. The molecule has 2 aliphatic rings. The summed E-state index contributed by atoms with van der Waals surface area (Å²) >= 11 is 0. The van der Waals surface area contributed by atoms with Gasteiger partial charge in [-0.25, -0.2) is 0 Å². The van der Waals surface area contributed by atoms with E-state index in [9.17, 15) is 19.2 Å². The molecule has 0 aliphatic carbocycles. The largest absolute Gasteiger partial charge is 0.305 e. The third-order valence-corrected chi connectivity index (χ3v) is 3.02. The van der Waals surface area contributed by atoms with Gasteiger partial charge < -0.3 is 4.90 Å². The number of carbonyl (C=O) groups excluding carboxylic acids is 4. The van der Waals surface area contributed by atoms with Crippen molar-refractivity contribution < 1.29 is 19.2 Å². The Morgan fingerprint density at radius 1 is 1.00 bits per heavy atom. The fourth-order valence-electron chi connectivity index (χ4n) is 2.14. The number of rotatable bonds is 1.